The van der Waals surface area contributed by atoms with Crippen LogP contribution in [0.25, 0.3) is 0 Å². The minimum Gasteiger partial charge on any atom is -0.326 e. The van der Waals surface area contributed by atoms with E-state index in [1.54, 1.807) is 53.7 Å². The highest BCUT2D eigenvalue weighted by molar-refractivity contribution is 7.92. The van der Waals surface area contributed by atoms with E-state index in [0.29, 0.717) is 42.0 Å². The molecule has 0 bridgehead atoms. The molecule has 0 saturated heterocycles. The van der Waals surface area contributed by atoms with Gasteiger partial charge in [-0.05, 0) is 66.9 Å². The Morgan fingerprint density at radius 3 is 2.39 bits per heavy atom. The average Bonchev–Trinajstić information content (AvgIpc) is 3.22. The Labute approximate surface area is 192 Å². The number of hydrogen-bond donors (Lipinski definition) is 2. The van der Waals surface area contributed by atoms with E-state index in [1.165, 1.54) is 12.1 Å². The van der Waals surface area contributed by atoms with Gasteiger partial charge in [0, 0.05) is 42.3 Å². The topological polar surface area (TPSA) is 108 Å². The highest BCUT2D eigenvalue weighted by Crippen LogP contribution is 2.32. The molecule has 0 unspecified atom stereocenters. The number of carbonyl (C=O) groups is 2. The Morgan fingerprint density at radius 2 is 1.70 bits per heavy atom. The quantitative estimate of drug-likeness (QED) is 0.553. The maximum absolute atomic E-state index is 12.9. The Kier molecular flexibility index (Phi) is 6.41. The summed E-state index contributed by atoms with van der Waals surface area (Å²) >= 11 is 0. The van der Waals surface area contributed by atoms with E-state index in [2.05, 4.69) is 15.0 Å². The first-order valence-electron chi connectivity index (χ1n) is 10.6. The molecule has 3 aromatic rings. The molecule has 0 atom stereocenters. The van der Waals surface area contributed by atoms with Gasteiger partial charge in [0.25, 0.3) is 15.9 Å². The number of anilines is 3. The molecular formula is C24H24N4O4S. The first kappa shape index (κ1) is 22.5. The van der Waals surface area contributed by atoms with Crippen molar-refractivity contribution in [1.29, 1.82) is 0 Å². The predicted octanol–water partition coefficient (Wildman–Crippen LogP) is 3.82. The highest BCUT2D eigenvalue weighted by atomic mass is 32.2. The Bertz CT molecular complexity index is 1280. The average molecular weight is 465 g/mol. The fourth-order valence-corrected chi connectivity index (χ4v) is 4.74. The van der Waals surface area contributed by atoms with Crippen LogP contribution in [0.3, 0.4) is 0 Å². The number of hydrogen-bond acceptors (Lipinski definition) is 5. The van der Waals surface area contributed by atoms with E-state index < -0.39 is 10.0 Å². The number of aromatic nitrogens is 1. The number of fused-ring (bicyclic) bond motifs is 1. The number of nitrogens with zero attached hydrogens (tertiary/aromatic N) is 2. The SMILES string of the molecule is CCCC(=O)Nc1ccc(S(=O)(=O)Nc2ccc3c(c2)N(C(=O)c2ccncc2)CC3)cc1. The minimum absolute atomic E-state index is 0.0706. The fourth-order valence-electron chi connectivity index (χ4n) is 3.69. The molecular weight excluding hydrogens is 440 g/mol. The summed E-state index contributed by atoms with van der Waals surface area (Å²) in [5.74, 6) is -0.271. The number of sulfonamides is 1. The highest BCUT2D eigenvalue weighted by Gasteiger charge is 2.26. The van der Waals surface area contributed by atoms with Crippen LogP contribution in [0.2, 0.25) is 0 Å². The van der Waals surface area contributed by atoms with Crippen molar-refractivity contribution >= 4 is 38.9 Å². The third-order valence-corrected chi connectivity index (χ3v) is 6.73. The lowest BCUT2D eigenvalue weighted by Gasteiger charge is -2.18. The maximum Gasteiger partial charge on any atom is 0.261 e. The largest absolute Gasteiger partial charge is 0.326 e. The molecule has 0 aliphatic carbocycles. The van der Waals surface area contributed by atoms with Crippen molar-refractivity contribution in [3.05, 3.63) is 78.1 Å². The maximum atomic E-state index is 12.9. The number of carbonyl (C=O) groups excluding carboxylic acids is 2. The van der Waals surface area contributed by atoms with Gasteiger partial charge >= 0.3 is 0 Å². The molecule has 2 aromatic carbocycles. The lowest BCUT2D eigenvalue weighted by Crippen LogP contribution is -2.28. The van der Waals surface area contributed by atoms with E-state index in [4.69, 9.17) is 0 Å². The lowest BCUT2D eigenvalue weighted by atomic mass is 10.1. The fraction of sp³-hybridized carbons (Fsp3) is 0.208. The van der Waals surface area contributed by atoms with Gasteiger partial charge in [-0.1, -0.05) is 13.0 Å². The van der Waals surface area contributed by atoms with Gasteiger partial charge in [0.05, 0.1) is 10.6 Å². The summed E-state index contributed by atoms with van der Waals surface area (Å²) in [7, 11) is -3.85. The Morgan fingerprint density at radius 1 is 1.00 bits per heavy atom. The van der Waals surface area contributed by atoms with Gasteiger partial charge < -0.3 is 10.2 Å². The van der Waals surface area contributed by atoms with Crippen molar-refractivity contribution in [3.8, 4) is 0 Å². The number of nitrogens with one attached hydrogen (secondary N) is 2. The molecule has 33 heavy (non-hydrogen) atoms. The third-order valence-electron chi connectivity index (χ3n) is 5.33. The summed E-state index contributed by atoms with van der Waals surface area (Å²) in [4.78, 5) is 30.3. The molecule has 2 amide bonds. The van der Waals surface area contributed by atoms with Crippen LogP contribution in [0, 0.1) is 0 Å². The first-order chi connectivity index (χ1) is 15.9. The minimum atomic E-state index is -3.85. The summed E-state index contributed by atoms with van der Waals surface area (Å²) in [6.45, 7) is 2.44. The summed E-state index contributed by atoms with van der Waals surface area (Å²) in [5, 5.41) is 2.73. The zero-order chi connectivity index (χ0) is 23.4. The Hall–Kier alpha value is -3.72. The molecule has 0 fully saturated rings. The van der Waals surface area contributed by atoms with Gasteiger partial charge in [0.2, 0.25) is 5.91 Å². The lowest BCUT2D eigenvalue weighted by molar-refractivity contribution is -0.116. The van der Waals surface area contributed by atoms with Crippen LogP contribution >= 0.6 is 0 Å². The Balaban J connectivity index is 1.51. The van der Waals surface area contributed by atoms with Crippen molar-refractivity contribution in [2.45, 2.75) is 31.1 Å². The molecule has 8 nitrogen and oxygen atoms in total. The van der Waals surface area contributed by atoms with Crippen molar-refractivity contribution in [3.63, 3.8) is 0 Å². The molecule has 2 heterocycles. The molecule has 170 valence electrons. The molecule has 1 aromatic heterocycles. The second-order valence-electron chi connectivity index (χ2n) is 7.71. The van der Waals surface area contributed by atoms with Gasteiger partial charge in [-0.2, -0.15) is 0 Å². The normalized spacial score (nSPS) is 12.8. The first-order valence-corrected chi connectivity index (χ1v) is 12.1. The second-order valence-corrected chi connectivity index (χ2v) is 9.40. The zero-order valence-electron chi connectivity index (χ0n) is 18.1. The number of rotatable bonds is 7. The van der Waals surface area contributed by atoms with Crippen LogP contribution in [-0.4, -0.2) is 31.8 Å². The van der Waals surface area contributed by atoms with Crippen molar-refractivity contribution < 1.29 is 18.0 Å². The van der Waals surface area contributed by atoms with Crippen LogP contribution in [0.5, 0.6) is 0 Å². The van der Waals surface area contributed by atoms with E-state index in [-0.39, 0.29) is 16.7 Å². The van der Waals surface area contributed by atoms with Crippen molar-refractivity contribution in [1.82, 2.24) is 4.98 Å². The van der Waals surface area contributed by atoms with E-state index in [9.17, 15) is 18.0 Å². The molecule has 0 spiro atoms. The molecule has 0 saturated carbocycles. The summed E-state index contributed by atoms with van der Waals surface area (Å²) in [5.41, 5.74) is 3.09. The number of amides is 2. The van der Waals surface area contributed by atoms with E-state index in [1.807, 2.05) is 13.0 Å². The van der Waals surface area contributed by atoms with E-state index >= 15 is 0 Å². The second kappa shape index (κ2) is 9.41. The van der Waals surface area contributed by atoms with Crippen LogP contribution in [-0.2, 0) is 21.2 Å². The molecule has 4 rings (SSSR count). The number of benzene rings is 2. The summed E-state index contributed by atoms with van der Waals surface area (Å²) in [6, 6.07) is 14.5. The van der Waals surface area contributed by atoms with Gasteiger partial charge in [-0.15, -0.1) is 0 Å². The van der Waals surface area contributed by atoms with Crippen LogP contribution in [0.1, 0.15) is 35.7 Å². The third kappa shape index (κ3) is 5.04. The number of pyridine rings is 1. The van der Waals surface area contributed by atoms with E-state index in [0.717, 1.165) is 12.0 Å². The van der Waals surface area contributed by atoms with Crippen molar-refractivity contribution in [2.75, 3.05) is 21.5 Å². The molecule has 1 aliphatic rings. The van der Waals surface area contributed by atoms with Gasteiger partial charge in [0.15, 0.2) is 0 Å². The molecule has 0 radical (unpaired) electrons. The summed E-state index contributed by atoms with van der Waals surface area (Å²) < 4.78 is 28.4. The van der Waals surface area contributed by atoms with Gasteiger partial charge in [0.1, 0.15) is 0 Å². The van der Waals surface area contributed by atoms with Crippen LogP contribution in [0.15, 0.2) is 71.9 Å². The van der Waals surface area contributed by atoms with Crippen molar-refractivity contribution in [2.24, 2.45) is 0 Å². The molecule has 1 aliphatic heterocycles. The summed E-state index contributed by atoms with van der Waals surface area (Å²) in [6.07, 6.45) is 4.96. The molecule has 2 N–H and O–H groups in total. The zero-order valence-corrected chi connectivity index (χ0v) is 18.9. The van der Waals surface area contributed by atoms with Crippen LogP contribution < -0.4 is 14.9 Å². The monoisotopic (exact) mass is 464 g/mol. The van der Waals surface area contributed by atoms with Gasteiger partial charge in [-0.3, -0.25) is 19.3 Å². The smallest absolute Gasteiger partial charge is 0.261 e. The van der Waals surface area contributed by atoms with Gasteiger partial charge in [-0.25, -0.2) is 8.42 Å². The molecule has 9 heteroatoms. The van der Waals surface area contributed by atoms with Crippen LogP contribution in [0.4, 0.5) is 17.1 Å². The predicted molar refractivity (Wildman–Crippen MR) is 127 cm³/mol. The standard InChI is InChI=1S/C24H24N4O4S/c1-2-3-23(29)26-19-6-8-21(9-7-19)33(31,32)27-20-5-4-17-12-15-28(22(17)16-20)24(30)18-10-13-25-14-11-18/h4-11,13-14,16,27H,2-3,12,15H2,1H3,(H,26,29).